The van der Waals surface area contributed by atoms with Gasteiger partial charge in [0.25, 0.3) is 10.0 Å². The van der Waals surface area contributed by atoms with Crippen LogP contribution >= 0.6 is 23.2 Å². The number of rotatable bonds is 9. The molecule has 0 aromatic heterocycles. The van der Waals surface area contributed by atoms with E-state index >= 15 is 0 Å². The first-order chi connectivity index (χ1) is 17.4. The minimum Gasteiger partial charge on any atom is -0.357 e. The Hall–Kier alpha value is -3.14. The monoisotopic (exact) mass is 565 g/mol. The Kier molecular flexibility index (Phi) is 9.17. The van der Waals surface area contributed by atoms with Crippen LogP contribution in [-0.2, 0) is 26.2 Å². The Bertz CT molecular complexity index is 1380. The van der Waals surface area contributed by atoms with Crippen LogP contribution < -0.4 is 9.62 Å². The zero-order chi connectivity index (χ0) is 27.3. The van der Waals surface area contributed by atoms with E-state index in [0.29, 0.717) is 5.56 Å². The molecule has 3 aromatic rings. The molecule has 0 bridgehead atoms. The molecule has 2 amide bonds. The standard InChI is InChI=1S/C26H26Cl2FN3O4S/c1-17-4-11-22(12-5-17)37(35,36)32(24-14-20(27)8-13-23(24)28)16-25(33)31(18(2)26(34)30-3)15-19-6-9-21(29)10-7-19/h4-14,18H,15-16H2,1-3H3,(H,30,34)/t18-/m0/s1. The number of anilines is 1. The summed E-state index contributed by atoms with van der Waals surface area (Å²) in [4.78, 5) is 27.3. The fourth-order valence-corrected chi connectivity index (χ4v) is 5.47. The third kappa shape index (κ3) is 6.80. The molecule has 0 saturated carbocycles. The second kappa shape index (κ2) is 11.9. The van der Waals surface area contributed by atoms with Crippen LogP contribution in [0.4, 0.5) is 10.1 Å². The van der Waals surface area contributed by atoms with Gasteiger partial charge in [-0.25, -0.2) is 12.8 Å². The minimum absolute atomic E-state index is 0.0115. The molecule has 0 spiro atoms. The maximum atomic E-state index is 13.8. The van der Waals surface area contributed by atoms with E-state index in [1.807, 2.05) is 6.92 Å². The van der Waals surface area contributed by atoms with Gasteiger partial charge in [0.15, 0.2) is 0 Å². The van der Waals surface area contributed by atoms with E-state index in [4.69, 9.17) is 23.2 Å². The summed E-state index contributed by atoms with van der Waals surface area (Å²) in [6.45, 7) is 2.61. The highest BCUT2D eigenvalue weighted by Gasteiger charge is 2.33. The first-order valence-electron chi connectivity index (χ1n) is 11.2. The average Bonchev–Trinajstić information content (AvgIpc) is 2.87. The molecule has 3 aromatic carbocycles. The maximum Gasteiger partial charge on any atom is 0.264 e. The van der Waals surface area contributed by atoms with Crippen molar-refractivity contribution in [3.05, 3.63) is 93.7 Å². The smallest absolute Gasteiger partial charge is 0.264 e. The van der Waals surface area contributed by atoms with Crippen LogP contribution in [0.5, 0.6) is 0 Å². The van der Waals surface area contributed by atoms with E-state index in [0.717, 1.165) is 9.87 Å². The van der Waals surface area contributed by atoms with Crippen LogP contribution in [0.1, 0.15) is 18.1 Å². The number of benzene rings is 3. The molecule has 11 heteroatoms. The number of aryl methyl sites for hydroxylation is 1. The van der Waals surface area contributed by atoms with Crippen LogP contribution in [0.15, 0.2) is 71.6 Å². The van der Waals surface area contributed by atoms with Crippen molar-refractivity contribution in [2.45, 2.75) is 31.3 Å². The molecule has 1 atom stereocenters. The minimum atomic E-state index is -4.28. The number of halogens is 3. The molecular weight excluding hydrogens is 540 g/mol. The second-order valence-electron chi connectivity index (χ2n) is 8.36. The number of carbonyl (C=O) groups is 2. The van der Waals surface area contributed by atoms with Gasteiger partial charge in [0, 0.05) is 18.6 Å². The molecule has 1 N–H and O–H groups in total. The summed E-state index contributed by atoms with van der Waals surface area (Å²) in [5.41, 5.74) is 1.42. The zero-order valence-corrected chi connectivity index (χ0v) is 22.7. The van der Waals surface area contributed by atoms with Gasteiger partial charge in [-0.05, 0) is 61.9 Å². The van der Waals surface area contributed by atoms with E-state index < -0.39 is 40.2 Å². The predicted molar refractivity (Wildman–Crippen MR) is 143 cm³/mol. The average molecular weight is 566 g/mol. The summed E-state index contributed by atoms with van der Waals surface area (Å²) in [5, 5.41) is 2.78. The number of nitrogens with zero attached hydrogens (tertiary/aromatic N) is 2. The Balaban J connectivity index is 2.07. The first kappa shape index (κ1) is 28.4. The molecule has 0 aliphatic carbocycles. The van der Waals surface area contributed by atoms with Crippen molar-refractivity contribution >= 4 is 50.7 Å². The number of nitrogens with one attached hydrogen (secondary N) is 1. The highest BCUT2D eigenvalue weighted by Crippen LogP contribution is 2.33. The first-order valence-corrected chi connectivity index (χ1v) is 13.4. The quantitative estimate of drug-likeness (QED) is 0.403. The summed E-state index contributed by atoms with van der Waals surface area (Å²) in [5.74, 6) is -1.58. The van der Waals surface area contributed by atoms with Crippen molar-refractivity contribution < 1.29 is 22.4 Å². The number of sulfonamides is 1. The van der Waals surface area contributed by atoms with Gasteiger partial charge in [0.2, 0.25) is 11.8 Å². The molecule has 0 fully saturated rings. The normalized spacial score (nSPS) is 12.1. The Morgan fingerprint density at radius 2 is 1.62 bits per heavy atom. The molecule has 0 heterocycles. The molecular formula is C26H26Cl2FN3O4S. The molecule has 3 rings (SSSR count). The van der Waals surface area contributed by atoms with Crippen molar-refractivity contribution in [2.24, 2.45) is 0 Å². The van der Waals surface area contributed by atoms with E-state index in [9.17, 15) is 22.4 Å². The lowest BCUT2D eigenvalue weighted by Crippen LogP contribution is -2.50. The number of amides is 2. The van der Waals surface area contributed by atoms with Gasteiger partial charge >= 0.3 is 0 Å². The van der Waals surface area contributed by atoms with Crippen LogP contribution in [-0.4, -0.2) is 44.8 Å². The van der Waals surface area contributed by atoms with Gasteiger partial charge in [0.05, 0.1) is 15.6 Å². The zero-order valence-electron chi connectivity index (χ0n) is 20.4. The second-order valence-corrected chi connectivity index (χ2v) is 11.1. The molecule has 0 saturated heterocycles. The van der Waals surface area contributed by atoms with Crippen LogP contribution in [0, 0.1) is 12.7 Å². The molecule has 0 radical (unpaired) electrons. The molecule has 0 aliphatic rings. The highest BCUT2D eigenvalue weighted by molar-refractivity contribution is 7.92. The molecule has 0 unspecified atom stereocenters. The van der Waals surface area contributed by atoms with E-state index in [1.54, 1.807) is 12.1 Å². The summed E-state index contributed by atoms with van der Waals surface area (Å²) in [7, 11) is -2.85. The van der Waals surface area contributed by atoms with Gasteiger partial charge in [-0.3, -0.25) is 13.9 Å². The molecule has 196 valence electrons. The highest BCUT2D eigenvalue weighted by atomic mass is 35.5. The lowest BCUT2D eigenvalue weighted by atomic mass is 10.1. The topological polar surface area (TPSA) is 86.8 Å². The van der Waals surface area contributed by atoms with Crippen molar-refractivity contribution in [1.29, 1.82) is 0 Å². The lowest BCUT2D eigenvalue weighted by Gasteiger charge is -2.32. The number of hydrogen-bond acceptors (Lipinski definition) is 4. The van der Waals surface area contributed by atoms with Crippen LogP contribution in [0.3, 0.4) is 0 Å². The Morgan fingerprint density at radius 3 is 2.22 bits per heavy atom. The van der Waals surface area contributed by atoms with Crippen LogP contribution in [0.25, 0.3) is 0 Å². The summed E-state index contributed by atoms with van der Waals surface area (Å²) in [6.07, 6.45) is 0. The van der Waals surface area contributed by atoms with Crippen molar-refractivity contribution in [2.75, 3.05) is 17.9 Å². The van der Waals surface area contributed by atoms with Gasteiger partial charge in [-0.1, -0.05) is 53.0 Å². The molecule has 0 aliphatic heterocycles. The van der Waals surface area contributed by atoms with Gasteiger partial charge in [0.1, 0.15) is 18.4 Å². The Morgan fingerprint density at radius 1 is 1.00 bits per heavy atom. The molecule has 7 nitrogen and oxygen atoms in total. The summed E-state index contributed by atoms with van der Waals surface area (Å²) >= 11 is 12.5. The predicted octanol–water partition coefficient (Wildman–Crippen LogP) is 4.80. The number of likely N-dealkylation sites (N-methyl/N-ethyl adjacent to an activating group) is 1. The fraction of sp³-hybridized carbons (Fsp3) is 0.231. The van der Waals surface area contributed by atoms with Crippen LogP contribution in [0.2, 0.25) is 10.0 Å². The van der Waals surface area contributed by atoms with Crippen molar-refractivity contribution in [3.8, 4) is 0 Å². The van der Waals surface area contributed by atoms with Gasteiger partial charge in [-0.2, -0.15) is 0 Å². The summed E-state index contributed by atoms with van der Waals surface area (Å²) in [6, 6.07) is 14.9. The Labute approximate surface area is 225 Å². The van der Waals surface area contributed by atoms with E-state index in [1.165, 1.54) is 73.5 Å². The fourth-order valence-electron chi connectivity index (χ4n) is 3.61. The van der Waals surface area contributed by atoms with Gasteiger partial charge < -0.3 is 10.2 Å². The third-order valence-electron chi connectivity index (χ3n) is 5.74. The SMILES string of the molecule is CNC(=O)[C@H](C)N(Cc1ccc(F)cc1)C(=O)CN(c1cc(Cl)ccc1Cl)S(=O)(=O)c1ccc(C)cc1. The van der Waals surface area contributed by atoms with Crippen molar-refractivity contribution in [1.82, 2.24) is 10.2 Å². The molecule has 37 heavy (non-hydrogen) atoms. The number of carbonyl (C=O) groups excluding carboxylic acids is 2. The van der Waals surface area contributed by atoms with E-state index in [2.05, 4.69) is 5.32 Å². The van der Waals surface area contributed by atoms with E-state index in [-0.39, 0.29) is 27.2 Å². The van der Waals surface area contributed by atoms with Gasteiger partial charge in [-0.15, -0.1) is 0 Å². The largest absolute Gasteiger partial charge is 0.357 e. The van der Waals surface area contributed by atoms with Crippen molar-refractivity contribution in [3.63, 3.8) is 0 Å². The maximum absolute atomic E-state index is 13.8. The number of hydrogen-bond donors (Lipinski definition) is 1. The third-order valence-corrected chi connectivity index (χ3v) is 8.07. The lowest BCUT2D eigenvalue weighted by molar-refractivity contribution is -0.139. The summed E-state index contributed by atoms with van der Waals surface area (Å²) < 4.78 is 41.8.